The molecule has 0 spiro atoms. The topological polar surface area (TPSA) is 88.1 Å². The minimum absolute atomic E-state index is 0.135. The minimum atomic E-state index is -0.687. The van der Waals surface area contributed by atoms with Gasteiger partial charge in [0.2, 0.25) is 6.10 Å². The number of carbonyl (C=O) groups excluding carboxylic acids is 3. The van der Waals surface area contributed by atoms with E-state index in [2.05, 4.69) is 0 Å². The van der Waals surface area contributed by atoms with Crippen LogP contribution in [0, 0.1) is 34.5 Å². The standard InChI is InChI=1S/C17H28O3.C10H16O4/c1-4-17(2,3)16(18)20-10-19-15-13-6-11-5-12(8-13)9-14(15)7-11;1-4-10(2,3)9(12)14-7-5-6-13-8(7)11/h11-15H,4-10H2,1-3H3;7H,4-6H2,1-3H3. The van der Waals surface area contributed by atoms with Gasteiger partial charge in [-0.25, -0.2) is 4.79 Å². The number of rotatable bonds is 8. The molecule has 34 heavy (non-hydrogen) atoms. The second-order valence-corrected chi connectivity index (χ2v) is 11.9. The van der Waals surface area contributed by atoms with Crippen LogP contribution in [0.4, 0.5) is 0 Å². The molecule has 0 amide bonds. The number of ether oxygens (including phenoxy) is 4. The summed E-state index contributed by atoms with van der Waals surface area (Å²) in [6.07, 6.45) is 8.44. The number of cyclic esters (lactones) is 1. The van der Waals surface area contributed by atoms with Gasteiger partial charge in [-0.1, -0.05) is 13.8 Å². The zero-order valence-electron chi connectivity index (χ0n) is 21.9. The van der Waals surface area contributed by atoms with Crippen LogP contribution < -0.4 is 0 Å². The van der Waals surface area contributed by atoms with E-state index in [-0.39, 0.29) is 18.7 Å². The Morgan fingerprint density at radius 2 is 1.41 bits per heavy atom. The molecule has 1 saturated heterocycles. The normalized spacial score (nSPS) is 32.0. The fraction of sp³-hybridized carbons (Fsp3) is 0.889. The summed E-state index contributed by atoms with van der Waals surface area (Å²) in [5.74, 6) is 2.48. The summed E-state index contributed by atoms with van der Waals surface area (Å²) in [4.78, 5) is 34.5. The Morgan fingerprint density at radius 3 is 1.88 bits per heavy atom. The van der Waals surface area contributed by atoms with Gasteiger partial charge in [0.1, 0.15) is 0 Å². The summed E-state index contributed by atoms with van der Waals surface area (Å²) in [6, 6.07) is 0. The molecular formula is C27H44O7. The van der Waals surface area contributed by atoms with Crippen molar-refractivity contribution in [1.82, 2.24) is 0 Å². The summed E-state index contributed by atoms with van der Waals surface area (Å²) in [5, 5.41) is 0. The van der Waals surface area contributed by atoms with Crippen molar-refractivity contribution in [3.8, 4) is 0 Å². The average molecular weight is 481 g/mol. The summed E-state index contributed by atoms with van der Waals surface area (Å²) in [5.41, 5.74) is -0.920. The van der Waals surface area contributed by atoms with Crippen molar-refractivity contribution in [2.45, 2.75) is 105 Å². The van der Waals surface area contributed by atoms with Crippen molar-refractivity contribution in [3.63, 3.8) is 0 Å². The molecule has 0 aromatic rings. The molecule has 1 atom stereocenters. The van der Waals surface area contributed by atoms with Gasteiger partial charge in [-0.15, -0.1) is 0 Å². The SMILES string of the molecule is CCC(C)(C)C(=O)OC1CCOC1=O.CCC(C)(C)C(=O)OCOC1C2CC3CC(C2)CC1C3. The van der Waals surface area contributed by atoms with Crippen LogP contribution in [0.3, 0.4) is 0 Å². The Morgan fingerprint density at radius 1 is 0.882 bits per heavy atom. The van der Waals surface area contributed by atoms with E-state index in [0.717, 1.165) is 30.1 Å². The Labute approximate surface area is 204 Å². The van der Waals surface area contributed by atoms with Crippen LogP contribution in [0.5, 0.6) is 0 Å². The molecule has 5 aliphatic rings. The van der Waals surface area contributed by atoms with Crippen LogP contribution in [0.1, 0.15) is 92.9 Å². The average Bonchev–Trinajstić information content (AvgIpc) is 3.19. The molecule has 5 fully saturated rings. The highest BCUT2D eigenvalue weighted by atomic mass is 16.7. The maximum atomic E-state index is 11.9. The van der Waals surface area contributed by atoms with Crippen LogP contribution in [-0.4, -0.2) is 43.5 Å². The van der Waals surface area contributed by atoms with Crippen molar-refractivity contribution in [2.75, 3.05) is 13.4 Å². The fourth-order valence-electron chi connectivity index (χ4n) is 5.67. The molecule has 0 aromatic carbocycles. The third kappa shape index (κ3) is 6.32. The monoisotopic (exact) mass is 480 g/mol. The summed E-state index contributed by atoms with van der Waals surface area (Å²) >= 11 is 0. The van der Waals surface area contributed by atoms with E-state index in [1.54, 1.807) is 13.8 Å². The van der Waals surface area contributed by atoms with Crippen LogP contribution in [0.15, 0.2) is 0 Å². The van der Waals surface area contributed by atoms with Crippen molar-refractivity contribution in [3.05, 3.63) is 0 Å². The van der Waals surface area contributed by atoms with Gasteiger partial charge in [0.05, 0.1) is 23.5 Å². The second-order valence-electron chi connectivity index (χ2n) is 11.9. The summed E-state index contributed by atoms with van der Waals surface area (Å²) < 4.78 is 21.1. The van der Waals surface area contributed by atoms with Gasteiger partial charge in [0, 0.05) is 6.42 Å². The molecule has 4 bridgehead atoms. The summed E-state index contributed by atoms with van der Waals surface area (Å²) in [6.45, 7) is 11.9. The molecule has 0 radical (unpaired) electrons. The Bertz CT molecular complexity index is 713. The van der Waals surface area contributed by atoms with Crippen LogP contribution in [0.25, 0.3) is 0 Å². The van der Waals surface area contributed by atoms with E-state index < -0.39 is 22.9 Å². The first kappa shape index (κ1) is 27.0. The molecule has 7 nitrogen and oxygen atoms in total. The van der Waals surface area contributed by atoms with Gasteiger partial charge in [-0.2, -0.15) is 0 Å². The first-order valence-corrected chi connectivity index (χ1v) is 13.1. The molecule has 0 N–H and O–H groups in total. The fourth-order valence-corrected chi connectivity index (χ4v) is 5.67. The number of esters is 3. The van der Waals surface area contributed by atoms with Crippen molar-refractivity contribution in [2.24, 2.45) is 34.5 Å². The van der Waals surface area contributed by atoms with E-state index >= 15 is 0 Å². The van der Waals surface area contributed by atoms with Crippen LogP contribution in [0.2, 0.25) is 0 Å². The molecule has 1 unspecified atom stereocenters. The van der Waals surface area contributed by atoms with Gasteiger partial charge in [0.25, 0.3) is 0 Å². The molecule has 4 aliphatic carbocycles. The maximum absolute atomic E-state index is 11.9. The van der Waals surface area contributed by atoms with Gasteiger partial charge in [0.15, 0.2) is 6.79 Å². The number of carbonyl (C=O) groups is 3. The lowest BCUT2D eigenvalue weighted by Gasteiger charge is -2.53. The van der Waals surface area contributed by atoms with E-state index in [9.17, 15) is 14.4 Å². The highest BCUT2D eigenvalue weighted by Crippen LogP contribution is 2.54. The lowest BCUT2D eigenvalue weighted by Crippen LogP contribution is -2.49. The van der Waals surface area contributed by atoms with E-state index in [4.69, 9.17) is 18.9 Å². The Hall–Kier alpha value is -1.63. The van der Waals surface area contributed by atoms with Crippen molar-refractivity contribution >= 4 is 17.9 Å². The summed E-state index contributed by atoms with van der Waals surface area (Å²) in [7, 11) is 0. The lowest BCUT2D eigenvalue weighted by molar-refractivity contribution is -0.193. The molecule has 194 valence electrons. The molecule has 7 heteroatoms. The third-order valence-corrected chi connectivity index (χ3v) is 8.60. The van der Waals surface area contributed by atoms with E-state index in [0.29, 0.717) is 25.6 Å². The molecule has 1 heterocycles. The maximum Gasteiger partial charge on any atom is 0.347 e. The molecule has 5 rings (SSSR count). The molecule has 0 aromatic heterocycles. The largest absolute Gasteiger partial charge is 0.463 e. The number of hydrogen-bond acceptors (Lipinski definition) is 7. The third-order valence-electron chi connectivity index (χ3n) is 8.60. The van der Waals surface area contributed by atoms with E-state index in [1.807, 2.05) is 27.7 Å². The quantitative estimate of drug-likeness (QED) is 0.273. The lowest BCUT2D eigenvalue weighted by atomic mass is 9.55. The Kier molecular flexibility index (Phi) is 8.70. The highest BCUT2D eigenvalue weighted by Gasteiger charge is 2.49. The minimum Gasteiger partial charge on any atom is -0.463 e. The van der Waals surface area contributed by atoms with Crippen LogP contribution in [-0.2, 0) is 33.3 Å². The van der Waals surface area contributed by atoms with Gasteiger partial charge >= 0.3 is 17.9 Å². The second kappa shape index (κ2) is 11.0. The Balaban J connectivity index is 0.000000204. The van der Waals surface area contributed by atoms with Gasteiger partial charge in [-0.05, 0) is 96.3 Å². The van der Waals surface area contributed by atoms with Crippen molar-refractivity contribution in [1.29, 1.82) is 0 Å². The van der Waals surface area contributed by atoms with Gasteiger partial charge in [-0.3, -0.25) is 9.59 Å². The van der Waals surface area contributed by atoms with Crippen molar-refractivity contribution < 1.29 is 33.3 Å². The highest BCUT2D eigenvalue weighted by molar-refractivity contribution is 5.82. The molecule has 1 aliphatic heterocycles. The smallest absolute Gasteiger partial charge is 0.347 e. The zero-order chi connectivity index (χ0) is 25.1. The number of hydrogen-bond donors (Lipinski definition) is 0. The first-order chi connectivity index (χ1) is 16.0. The zero-order valence-corrected chi connectivity index (χ0v) is 21.9. The van der Waals surface area contributed by atoms with E-state index in [1.165, 1.54) is 32.1 Å². The first-order valence-electron chi connectivity index (χ1n) is 13.1. The molecule has 4 saturated carbocycles. The van der Waals surface area contributed by atoms with Gasteiger partial charge < -0.3 is 18.9 Å². The predicted molar refractivity (Wildman–Crippen MR) is 126 cm³/mol. The van der Waals surface area contributed by atoms with Crippen LogP contribution >= 0.6 is 0 Å². The predicted octanol–water partition coefficient (Wildman–Crippen LogP) is 5.05. The molecular weight excluding hydrogens is 436 g/mol.